The number of rotatable bonds is 5. The van der Waals surface area contributed by atoms with E-state index in [0.717, 1.165) is 10.7 Å². The number of aliphatic hydroxyl groups is 2. The van der Waals surface area contributed by atoms with E-state index >= 15 is 0 Å². The van der Waals surface area contributed by atoms with Gasteiger partial charge in [0.15, 0.2) is 6.33 Å². The first-order valence-electron chi connectivity index (χ1n) is 8.43. The summed E-state index contributed by atoms with van der Waals surface area (Å²) in [6.45, 7) is -0.484. The SMILES string of the molecule is Cn1c[n+]([C@H]2O[C@@H](COP(=O)(O)n3ccnc3)[C@@H](O)C2O)c2nc(N)[nH]c(=O)c21. The number of hydrogen-bond acceptors (Lipinski definition) is 9. The van der Waals surface area contributed by atoms with Gasteiger partial charge in [0.2, 0.25) is 11.7 Å². The molecule has 2 unspecified atom stereocenters. The minimum atomic E-state index is -4.24. The van der Waals surface area contributed by atoms with Crippen LogP contribution in [0.1, 0.15) is 6.23 Å². The van der Waals surface area contributed by atoms with Gasteiger partial charge in [-0.1, -0.05) is 4.98 Å². The maximum atomic E-state index is 12.2. The highest BCUT2D eigenvalue weighted by molar-refractivity contribution is 7.51. The fourth-order valence-electron chi connectivity index (χ4n) is 3.19. The Kier molecular flexibility index (Phi) is 4.77. The fraction of sp³-hybridized carbons (Fsp3) is 0.429. The first-order valence-corrected chi connectivity index (χ1v) is 9.96. The smallest absolute Gasteiger partial charge is 0.387 e. The lowest BCUT2D eigenvalue weighted by atomic mass is 10.1. The Bertz CT molecular complexity index is 1140. The van der Waals surface area contributed by atoms with Gasteiger partial charge < -0.3 is 25.6 Å². The van der Waals surface area contributed by atoms with Crippen molar-refractivity contribution < 1.29 is 33.5 Å². The molecule has 3 aromatic heterocycles. The average molecular weight is 428 g/mol. The molecule has 5 atom stereocenters. The number of nitrogens with one attached hydrogen (secondary N) is 1. The molecule has 4 heterocycles. The Morgan fingerprint density at radius 2 is 2.21 bits per heavy atom. The van der Waals surface area contributed by atoms with Gasteiger partial charge in [-0.3, -0.25) is 18.9 Å². The van der Waals surface area contributed by atoms with E-state index in [-0.39, 0.29) is 17.1 Å². The lowest BCUT2D eigenvalue weighted by Gasteiger charge is -2.17. The van der Waals surface area contributed by atoms with Crippen LogP contribution in [0.15, 0.2) is 29.8 Å². The van der Waals surface area contributed by atoms with Gasteiger partial charge in [-0.15, -0.1) is 0 Å². The molecule has 0 bridgehead atoms. The molecule has 6 N–H and O–H groups in total. The monoisotopic (exact) mass is 428 g/mol. The van der Waals surface area contributed by atoms with E-state index in [1.807, 2.05) is 0 Å². The predicted molar refractivity (Wildman–Crippen MR) is 95.3 cm³/mol. The molecule has 1 aliphatic rings. The molecular weight excluding hydrogens is 409 g/mol. The van der Waals surface area contributed by atoms with Crippen molar-refractivity contribution in [2.45, 2.75) is 24.5 Å². The van der Waals surface area contributed by atoms with Crippen LogP contribution in [-0.2, 0) is 20.9 Å². The van der Waals surface area contributed by atoms with Crippen molar-refractivity contribution in [3.8, 4) is 0 Å². The topological polar surface area (TPSA) is 195 Å². The lowest BCUT2D eigenvalue weighted by Crippen LogP contribution is -2.46. The van der Waals surface area contributed by atoms with Crippen molar-refractivity contribution in [1.29, 1.82) is 0 Å². The van der Waals surface area contributed by atoms with E-state index < -0.39 is 44.5 Å². The van der Waals surface area contributed by atoms with Crippen LogP contribution in [0.4, 0.5) is 5.95 Å². The number of hydrogen-bond donors (Lipinski definition) is 5. The molecule has 0 saturated carbocycles. The second-order valence-corrected chi connectivity index (χ2v) is 8.23. The Balaban J connectivity index is 1.59. The maximum Gasteiger partial charge on any atom is 0.437 e. The number of nitrogens with two attached hydrogens (primary N) is 1. The first-order chi connectivity index (χ1) is 13.7. The van der Waals surface area contributed by atoms with Crippen molar-refractivity contribution in [3.05, 3.63) is 35.4 Å². The van der Waals surface area contributed by atoms with Crippen LogP contribution >= 0.6 is 7.75 Å². The predicted octanol–water partition coefficient (Wildman–Crippen LogP) is -2.39. The molecule has 0 aromatic carbocycles. The zero-order valence-electron chi connectivity index (χ0n) is 15.1. The lowest BCUT2D eigenvalue weighted by molar-refractivity contribution is -0.745. The summed E-state index contributed by atoms with van der Waals surface area (Å²) in [4.78, 5) is 32.2. The number of H-pyrrole nitrogens is 1. The van der Waals surface area contributed by atoms with Gasteiger partial charge in [-0.2, -0.15) is 0 Å². The standard InChI is InChI=1S/C14H18N7O7P/c1-19-6-21(11-8(19)12(24)18-14(15)17-11)13-10(23)9(22)7(28-13)4-27-29(25,26)20-3-2-16-5-20/h2-3,5-7,9-10,13,22-23H,4H2,1H3,(H3-,15,17,18,24,25,26)/p+1/t7-,9+,10?,13-/m0/s1. The van der Waals surface area contributed by atoms with Crippen LogP contribution in [0.5, 0.6) is 0 Å². The highest BCUT2D eigenvalue weighted by atomic mass is 31.2. The van der Waals surface area contributed by atoms with E-state index in [2.05, 4.69) is 15.0 Å². The van der Waals surface area contributed by atoms with E-state index in [1.165, 1.54) is 27.9 Å². The highest BCUT2D eigenvalue weighted by Crippen LogP contribution is 2.44. The zero-order chi connectivity index (χ0) is 20.9. The minimum Gasteiger partial charge on any atom is -0.387 e. The van der Waals surface area contributed by atoms with Crippen LogP contribution in [0, 0.1) is 0 Å². The molecule has 15 heteroatoms. The molecule has 1 fully saturated rings. The summed E-state index contributed by atoms with van der Waals surface area (Å²) in [5.41, 5.74) is 5.44. The normalized spacial score (nSPS) is 26.8. The van der Waals surface area contributed by atoms with Gasteiger partial charge in [-0.05, 0) is 0 Å². The van der Waals surface area contributed by atoms with Crippen molar-refractivity contribution in [1.82, 2.24) is 23.9 Å². The zero-order valence-corrected chi connectivity index (χ0v) is 16.0. The summed E-state index contributed by atoms with van der Waals surface area (Å²) in [5, 5.41) is 20.8. The molecule has 0 radical (unpaired) electrons. The highest BCUT2D eigenvalue weighted by Gasteiger charge is 2.47. The van der Waals surface area contributed by atoms with Gasteiger partial charge in [0.05, 0.1) is 13.7 Å². The molecule has 0 amide bonds. The number of aryl methyl sites for hydroxylation is 1. The van der Waals surface area contributed by atoms with E-state index in [0.29, 0.717) is 0 Å². The Hall–Kier alpha value is -2.61. The third-order valence-corrected chi connectivity index (χ3v) is 5.90. The number of aromatic amines is 1. The summed E-state index contributed by atoms with van der Waals surface area (Å²) in [6.07, 6.45) is 0.0258. The van der Waals surface area contributed by atoms with Gasteiger partial charge >= 0.3 is 13.4 Å². The van der Waals surface area contributed by atoms with Gasteiger partial charge in [-0.25, -0.2) is 18.5 Å². The maximum absolute atomic E-state index is 12.2. The molecule has 1 aliphatic heterocycles. The minimum absolute atomic E-state index is 0.128. The summed E-state index contributed by atoms with van der Waals surface area (Å²) >= 11 is 0. The number of anilines is 1. The molecule has 3 aromatic rings. The van der Waals surface area contributed by atoms with Crippen molar-refractivity contribution >= 4 is 24.9 Å². The largest absolute Gasteiger partial charge is 0.437 e. The Morgan fingerprint density at radius 1 is 1.45 bits per heavy atom. The number of aliphatic hydroxyl groups excluding tert-OH is 2. The third-order valence-electron chi connectivity index (χ3n) is 4.59. The Labute approximate surface area is 162 Å². The number of aromatic nitrogens is 6. The summed E-state index contributed by atoms with van der Waals surface area (Å²) in [5.74, 6) is -0.128. The first kappa shape index (κ1) is 19.7. The van der Waals surface area contributed by atoms with Crippen LogP contribution in [0.3, 0.4) is 0 Å². The summed E-state index contributed by atoms with van der Waals surface area (Å²) in [6, 6.07) is 0. The quantitative estimate of drug-likeness (QED) is 0.216. The molecular formula is C14H19N7O7P+. The van der Waals surface area contributed by atoms with Crippen LogP contribution < -0.4 is 15.9 Å². The number of ether oxygens (including phenoxy) is 1. The van der Waals surface area contributed by atoms with Crippen molar-refractivity contribution in [2.24, 2.45) is 7.05 Å². The van der Waals surface area contributed by atoms with E-state index in [9.17, 15) is 24.5 Å². The van der Waals surface area contributed by atoms with Gasteiger partial charge in [0.25, 0.3) is 11.5 Å². The van der Waals surface area contributed by atoms with Gasteiger partial charge in [0, 0.05) is 12.4 Å². The molecule has 4 rings (SSSR count). The van der Waals surface area contributed by atoms with Crippen molar-refractivity contribution in [2.75, 3.05) is 12.3 Å². The van der Waals surface area contributed by atoms with E-state index in [4.69, 9.17) is 15.0 Å². The molecule has 0 spiro atoms. The van der Waals surface area contributed by atoms with E-state index in [1.54, 1.807) is 7.05 Å². The third kappa shape index (κ3) is 3.35. The molecule has 29 heavy (non-hydrogen) atoms. The molecule has 156 valence electrons. The molecule has 14 nitrogen and oxygen atoms in total. The van der Waals surface area contributed by atoms with Crippen LogP contribution in [0.2, 0.25) is 0 Å². The summed E-state index contributed by atoms with van der Waals surface area (Å²) in [7, 11) is -2.64. The number of nitrogens with zero attached hydrogens (tertiary/aromatic N) is 5. The second kappa shape index (κ2) is 7.02. The number of fused-ring (bicyclic) bond motifs is 1. The van der Waals surface area contributed by atoms with Crippen LogP contribution in [-0.4, -0.2) is 63.9 Å². The molecule has 1 saturated heterocycles. The van der Waals surface area contributed by atoms with Gasteiger partial charge in [0.1, 0.15) is 24.6 Å². The Morgan fingerprint density at radius 3 is 2.90 bits per heavy atom. The average Bonchev–Trinajstić information content (AvgIpc) is 3.35. The molecule has 0 aliphatic carbocycles. The second-order valence-electron chi connectivity index (χ2n) is 6.53. The van der Waals surface area contributed by atoms with Crippen LogP contribution in [0.25, 0.3) is 11.2 Å². The number of nitrogen functional groups attached to an aromatic ring is 1. The fourth-order valence-corrected chi connectivity index (χ4v) is 4.08. The summed E-state index contributed by atoms with van der Waals surface area (Å²) < 4.78 is 26.6. The number of imidazole rings is 2. The van der Waals surface area contributed by atoms with Crippen molar-refractivity contribution in [3.63, 3.8) is 0 Å².